The number of carbonyl (C=O) groups excluding carboxylic acids is 3. The van der Waals surface area contributed by atoms with E-state index in [9.17, 15) is 14.4 Å². The Morgan fingerprint density at radius 1 is 1.30 bits per heavy atom. The second-order valence-corrected chi connectivity index (χ2v) is 8.22. The van der Waals surface area contributed by atoms with E-state index < -0.39 is 18.0 Å². The zero-order valence-corrected chi connectivity index (χ0v) is 18.0. The molecule has 3 rings (SSSR count). The summed E-state index contributed by atoms with van der Waals surface area (Å²) >= 11 is 1.60. The molecule has 30 heavy (non-hydrogen) atoms. The van der Waals surface area contributed by atoms with Crippen molar-refractivity contribution in [2.75, 3.05) is 13.1 Å². The van der Waals surface area contributed by atoms with Crippen LogP contribution < -0.4 is 16.4 Å². The van der Waals surface area contributed by atoms with E-state index in [-0.39, 0.29) is 18.4 Å². The molecule has 1 aromatic carbocycles. The highest BCUT2D eigenvalue weighted by Gasteiger charge is 2.36. The van der Waals surface area contributed by atoms with E-state index in [4.69, 9.17) is 5.73 Å². The zero-order chi connectivity index (χ0) is 21.7. The number of rotatable bonds is 7. The van der Waals surface area contributed by atoms with Crippen LogP contribution >= 0.6 is 11.3 Å². The number of benzene rings is 1. The summed E-state index contributed by atoms with van der Waals surface area (Å²) in [6.07, 6.45) is 1.36. The number of nitrogens with zero attached hydrogens (tertiary/aromatic N) is 2. The SMILES string of the molecule is Cc1ncsc1-c1ccc(CNC(=O)C2CCCN2C(=O)[C@H](C)NC(=O)CN)cc1. The summed E-state index contributed by atoms with van der Waals surface area (Å²) in [6, 6.07) is 6.78. The van der Waals surface area contributed by atoms with Gasteiger partial charge in [-0.05, 0) is 37.8 Å². The van der Waals surface area contributed by atoms with Crippen LogP contribution in [0.4, 0.5) is 0 Å². The number of hydrogen-bond acceptors (Lipinski definition) is 6. The topological polar surface area (TPSA) is 117 Å². The van der Waals surface area contributed by atoms with Crippen molar-refractivity contribution < 1.29 is 14.4 Å². The second-order valence-electron chi connectivity index (χ2n) is 7.36. The summed E-state index contributed by atoms with van der Waals surface area (Å²) in [5.41, 5.74) is 10.2. The van der Waals surface area contributed by atoms with Crippen molar-refractivity contribution >= 4 is 29.1 Å². The maximum Gasteiger partial charge on any atom is 0.245 e. The first kappa shape index (κ1) is 21.9. The van der Waals surface area contributed by atoms with E-state index in [0.29, 0.717) is 19.5 Å². The molecular weight excluding hydrogens is 402 g/mol. The number of likely N-dealkylation sites (tertiary alicyclic amines) is 1. The van der Waals surface area contributed by atoms with E-state index in [2.05, 4.69) is 15.6 Å². The molecule has 2 heterocycles. The molecule has 0 radical (unpaired) electrons. The largest absolute Gasteiger partial charge is 0.350 e. The van der Waals surface area contributed by atoms with Crippen molar-refractivity contribution in [1.29, 1.82) is 0 Å². The van der Waals surface area contributed by atoms with Crippen LogP contribution in [0, 0.1) is 6.92 Å². The van der Waals surface area contributed by atoms with Crippen LogP contribution in [-0.2, 0) is 20.9 Å². The van der Waals surface area contributed by atoms with E-state index in [1.807, 2.05) is 36.7 Å². The molecule has 8 nitrogen and oxygen atoms in total. The van der Waals surface area contributed by atoms with E-state index in [1.165, 1.54) is 0 Å². The Kier molecular flexibility index (Phi) is 7.17. The van der Waals surface area contributed by atoms with Crippen molar-refractivity contribution in [1.82, 2.24) is 20.5 Å². The van der Waals surface area contributed by atoms with Gasteiger partial charge in [0.2, 0.25) is 17.7 Å². The molecule has 1 aromatic heterocycles. The molecule has 1 aliphatic rings. The van der Waals surface area contributed by atoms with Gasteiger partial charge < -0.3 is 21.3 Å². The fourth-order valence-electron chi connectivity index (χ4n) is 3.57. The number of aromatic nitrogens is 1. The minimum atomic E-state index is -0.711. The van der Waals surface area contributed by atoms with Gasteiger partial charge in [0, 0.05) is 13.1 Å². The van der Waals surface area contributed by atoms with Crippen LogP contribution in [-0.4, -0.2) is 52.8 Å². The summed E-state index contributed by atoms with van der Waals surface area (Å²) in [5.74, 6) is -0.840. The van der Waals surface area contributed by atoms with Crippen molar-refractivity contribution in [3.05, 3.63) is 41.0 Å². The van der Waals surface area contributed by atoms with E-state index >= 15 is 0 Å². The minimum Gasteiger partial charge on any atom is -0.350 e. The summed E-state index contributed by atoms with van der Waals surface area (Å²) in [4.78, 5) is 43.8. The quantitative estimate of drug-likeness (QED) is 0.611. The van der Waals surface area contributed by atoms with Gasteiger partial charge >= 0.3 is 0 Å². The lowest BCUT2D eigenvalue weighted by Crippen LogP contribution is -2.53. The zero-order valence-electron chi connectivity index (χ0n) is 17.2. The molecule has 0 aliphatic carbocycles. The first-order valence-electron chi connectivity index (χ1n) is 9.97. The number of aryl methyl sites for hydroxylation is 1. The lowest BCUT2D eigenvalue weighted by Gasteiger charge is -2.27. The summed E-state index contributed by atoms with van der Waals surface area (Å²) in [6.45, 7) is 4.30. The fraction of sp³-hybridized carbons (Fsp3) is 0.429. The molecule has 2 aromatic rings. The normalized spacial score (nSPS) is 16.9. The molecule has 0 saturated carbocycles. The maximum atomic E-state index is 12.7. The molecule has 0 bridgehead atoms. The van der Waals surface area contributed by atoms with Gasteiger partial charge in [-0.15, -0.1) is 11.3 Å². The summed E-state index contributed by atoms with van der Waals surface area (Å²) < 4.78 is 0. The molecule has 0 spiro atoms. The molecule has 1 fully saturated rings. The summed E-state index contributed by atoms with van der Waals surface area (Å²) in [7, 11) is 0. The number of amides is 3. The standard InChI is InChI=1S/C21H27N5O3S/c1-13-19(30-12-24-13)16-7-5-15(6-8-16)11-23-20(28)17-4-3-9-26(17)21(29)14(2)25-18(27)10-22/h5-8,12,14,17H,3-4,9-11,22H2,1-2H3,(H,23,28)(H,25,27)/t14-,17?/m0/s1. The number of nitrogens with two attached hydrogens (primary N) is 1. The highest BCUT2D eigenvalue weighted by molar-refractivity contribution is 7.13. The van der Waals surface area contributed by atoms with Crippen molar-refractivity contribution in [3.63, 3.8) is 0 Å². The lowest BCUT2D eigenvalue weighted by molar-refractivity contribution is -0.140. The molecule has 1 aliphatic heterocycles. The Hall–Kier alpha value is -2.78. The highest BCUT2D eigenvalue weighted by Crippen LogP contribution is 2.27. The fourth-order valence-corrected chi connectivity index (χ4v) is 4.39. The third kappa shape index (κ3) is 5.03. The monoisotopic (exact) mass is 429 g/mol. The lowest BCUT2D eigenvalue weighted by atomic mass is 10.1. The van der Waals surface area contributed by atoms with Gasteiger partial charge in [0.25, 0.3) is 0 Å². The van der Waals surface area contributed by atoms with E-state index in [0.717, 1.165) is 28.1 Å². The number of thiazole rings is 1. The second kappa shape index (κ2) is 9.82. The average molecular weight is 430 g/mol. The number of carbonyl (C=O) groups is 3. The van der Waals surface area contributed by atoms with Crippen LogP contribution in [0.3, 0.4) is 0 Å². The van der Waals surface area contributed by atoms with Gasteiger partial charge in [-0.25, -0.2) is 4.98 Å². The smallest absolute Gasteiger partial charge is 0.245 e. The molecule has 4 N–H and O–H groups in total. The Bertz CT molecular complexity index is 912. The van der Waals surface area contributed by atoms with Gasteiger partial charge in [-0.1, -0.05) is 24.3 Å². The Labute approximate surface area is 179 Å². The molecule has 1 saturated heterocycles. The molecule has 9 heteroatoms. The first-order chi connectivity index (χ1) is 14.4. The van der Waals surface area contributed by atoms with Crippen molar-refractivity contribution in [3.8, 4) is 10.4 Å². The maximum absolute atomic E-state index is 12.7. The van der Waals surface area contributed by atoms with Crippen molar-refractivity contribution in [2.24, 2.45) is 5.73 Å². The Balaban J connectivity index is 1.56. The van der Waals surface area contributed by atoms with Crippen LogP contribution in [0.5, 0.6) is 0 Å². The number of hydrogen-bond donors (Lipinski definition) is 3. The van der Waals surface area contributed by atoms with Crippen LogP contribution in [0.2, 0.25) is 0 Å². The third-order valence-electron chi connectivity index (χ3n) is 5.20. The molecule has 2 atom stereocenters. The van der Waals surface area contributed by atoms with Gasteiger partial charge in [0.05, 0.1) is 22.6 Å². The van der Waals surface area contributed by atoms with Crippen molar-refractivity contribution in [2.45, 2.75) is 45.3 Å². The van der Waals surface area contributed by atoms with Gasteiger partial charge in [0.15, 0.2) is 0 Å². The molecular formula is C21H27N5O3S. The predicted octanol–water partition coefficient (Wildman–Crippen LogP) is 1.19. The van der Waals surface area contributed by atoms with Gasteiger partial charge in [-0.2, -0.15) is 0 Å². The summed E-state index contributed by atoms with van der Waals surface area (Å²) in [5, 5.41) is 5.49. The Morgan fingerprint density at radius 2 is 2.03 bits per heavy atom. The van der Waals surface area contributed by atoms with Gasteiger partial charge in [-0.3, -0.25) is 14.4 Å². The van der Waals surface area contributed by atoms with Gasteiger partial charge in [0.1, 0.15) is 12.1 Å². The highest BCUT2D eigenvalue weighted by atomic mass is 32.1. The Morgan fingerprint density at radius 3 is 2.67 bits per heavy atom. The first-order valence-corrected chi connectivity index (χ1v) is 10.9. The van der Waals surface area contributed by atoms with E-state index in [1.54, 1.807) is 23.2 Å². The number of nitrogens with one attached hydrogen (secondary N) is 2. The van der Waals surface area contributed by atoms with Crippen LogP contribution in [0.1, 0.15) is 31.0 Å². The van der Waals surface area contributed by atoms with Crippen LogP contribution in [0.15, 0.2) is 29.8 Å². The average Bonchev–Trinajstić information content (AvgIpc) is 3.40. The van der Waals surface area contributed by atoms with Crippen LogP contribution in [0.25, 0.3) is 10.4 Å². The minimum absolute atomic E-state index is 0.178. The molecule has 3 amide bonds. The molecule has 160 valence electrons. The predicted molar refractivity (Wildman–Crippen MR) is 116 cm³/mol. The molecule has 1 unspecified atom stereocenters. The third-order valence-corrected chi connectivity index (χ3v) is 6.18.